The van der Waals surface area contributed by atoms with E-state index < -0.39 is 49.1 Å². The lowest BCUT2D eigenvalue weighted by Crippen LogP contribution is -2.56. The lowest BCUT2D eigenvalue weighted by atomic mass is 9.96. The number of carbonyl (C=O) groups excluding carboxylic acids is 2. The van der Waals surface area contributed by atoms with E-state index in [9.17, 15) is 30.0 Å². The van der Waals surface area contributed by atoms with Gasteiger partial charge in [0.2, 0.25) is 0 Å². The normalized spacial score (nSPS) is 26.4. The molecule has 6 N–H and O–H groups in total. The van der Waals surface area contributed by atoms with Crippen molar-refractivity contribution in [2.24, 2.45) is 0 Å². The van der Waals surface area contributed by atoms with Crippen molar-refractivity contribution in [1.29, 1.82) is 0 Å². The fourth-order valence-corrected chi connectivity index (χ4v) is 5.69. The van der Waals surface area contributed by atoms with Crippen molar-refractivity contribution in [3.8, 4) is 0 Å². The summed E-state index contributed by atoms with van der Waals surface area (Å²) in [5, 5.41) is 46.3. The number of para-hydroxylation sites is 1. The average molecular weight is 488 g/mol. The number of aromatic amines is 1. The zero-order valence-corrected chi connectivity index (χ0v) is 18.5. The van der Waals surface area contributed by atoms with E-state index in [1.807, 2.05) is 24.3 Å². The second-order valence-corrected chi connectivity index (χ2v) is 9.14. The molecule has 182 valence electrons. The smallest absolute Gasteiger partial charge is 0.259 e. The molecule has 7 rings (SSSR count). The van der Waals surface area contributed by atoms with E-state index in [2.05, 4.69) is 15.3 Å². The number of nitrogens with zero attached hydrogens (tertiary/aromatic N) is 2. The molecule has 2 aliphatic heterocycles. The number of aromatic nitrogens is 3. The van der Waals surface area contributed by atoms with Crippen LogP contribution in [0.3, 0.4) is 0 Å². The van der Waals surface area contributed by atoms with Gasteiger partial charge in [-0.25, -0.2) is 4.98 Å². The Hall–Kier alpha value is -3.87. The minimum atomic E-state index is -1.62. The molecule has 11 nitrogen and oxygen atoms in total. The van der Waals surface area contributed by atoms with Crippen molar-refractivity contribution in [3.63, 3.8) is 0 Å². The van der Waals surface area contributed by atoms with Gasteiger partial charge in [-0.3, -0.25) is 19.5 Å². The number of ether oxygens (including phenoxy) is 1. The van der Waals surface area contributed by atoms with Crippen molar-refractivity contribution < 1.29 is 34.8 Å². The molecule has 3 aromatic heterocycles. The van der Waals surface area contributed by atoms with Gasteiger partial charge in [0.1, 0.15) is 30.1 Å². The van der Waals surface area contributed by atoms with E-state index in [-0.39, 0.29) is 11.1 Å². The molecule has 0 bridgehead atoms. The van der Waals surface area contributed by atoms with Gasteiger partial charge in [0, 0.05) is 33.3 Å². The van der Waals surface area contributed by atoms with Gasteiger partial charge in [-0.15, -0.1) is 0 Å². The molecule has 0 radical (unpaired) electrons. The first-order chi connectivity index (χ1) is 17.4. The Labute approximate surface area is 201 Å². The highest BCUT2D eigenvalue weighted by Gasteiger charge is 2.46. The predicted molar refractivity (Wildman–Crippen MR) is 127 cm³/mol. The molecule has 36 heavy (non-hydrogen) atoms. The second kappa shape index (κ2) is 7.32. The van der Waals surface area contributed by atoms with Crippen molar-refractivity contribution in [3.05, 3.63) is 53.7 Å². The number of aliphatic hydroxyl groups excluding tert-OH is 4. The quantitative estimate of drug-likeness (QED) is 0.197. The highest BCUT2D eigenvalue weighted by Crippen LogP contribution is 2.45. The Kier molecular flexibility index (Phi) is 4.36. The number of H-pyrrole nitrogens is 1. The molecule has 5 heterocycles. The number of nitrogens with one attached hydrogen (secondary N) is 2. The molecule has 1 fully saturated rings. The zero-order valence-electron chi connectivity index (χ0n) is 18.5. The molecule has 5 atom stereocenters. The van der Waals surface area contributed by atoms with E-state index in [4.69, 9.17) is 4.74 Å². The van der Waals surface area contributed by atoms with E-state index in [1.165, 1.54) is 6.20 Å². The molecule has 5 aromatic rings. The summed E-state index contributed by atoms with van der Waals surface area (Å²) >= 11 is 0. The SMILES string of the molecule is O=C1NC(=O)c2c1c1c3ccccc3[nH]c1c1c2c2cccnc2n1C1O[C@H](CO)[C@@H](O)[C@H](O)[C@H]1O. The summed E-state index contributed by atoms with van der Waals surface area (Å²) in [4.78, 5) is 34.0. The highest BCUT2D eigenvalue weighted by atomic mass is 16.6. The predicted octanol–water partition coefficient (Wildman–Crippen LogP) is 0.680. The molecular weight excluding hydrogens is 468 g/mol. The largest absolute Gasteiger partial charge is 0.394 e. The number of carbonyl (C=O) groups is 2. The molecule has 0 spiro atoms. The fourth-order valence-electron chi connectivity index (χ4n) is 5.69. The average Bonchev–Trinajstić information content (AvgIpc) is 3.52. The van der Waals surface area contributed by atoms with Crippen molar-refractivity contribution in [1.82, 2.24) is 19.9 Å². The van der Waals surface area contributed by atoms with Crippen molar-refractivity contribution >= 4 is 55.6 Å². The Balaban J connectivity index is 1.70. The maximum Gasteiger partial charge on any atom is 0.259 e. The topological polar surface area (TPSA) is 170 Å². The van der Waals surface area contributed by atoms with Gasteiger partial charge in [-0.2, -0.15) is 0 Å². The molecule has 1 saturated heterocycles. The number of rotatable bonds is 2. The number of imide groups is 1. The number of fused-ring (bicyclic) bond motifs is 10. The summed E-state index contributed by atoms with van der Waals surface area (Å²) in [6.07, 6.45) is -5.63. The summed E-state index contributed by atoms with van der Waals surface area (Å²) in [6.45, 7) is -0.597. The summed E-state index contributed by atoms with van der Waals surface area (Å²) in [5.41, 5.74) is 2.45. The number of hydrogen-bond donors (Lipinski definition) is 6. The van der Waals surface area contributed by atoms with Crippen LogP contribution < -0.4 is 5.32 Å². The van der Waals surface area contributed by atoms with Crippen LogP contribution in [0.5, 0.6) is 0 Å². The van der Waals surface area contributed by atoms with Gasteiger partial charge >= 0.3 is 0 Å². The molecule has 2 aliphatic rings. The van der Waals surface area contributed by atoms with Crippen LogP contribution in [0, 0.1) is 0 Å². The van der Waals surface area contributed by atoms with Crippen molar-refractivity contribution in [2.45, 2.75) is 30.6 Å². The van der Waals surface area contributed by atoms with E-state index in [0.29, 0.717) is 32.8 Å². The number of pyridine rings is 1. The van der Waals surface area contributed by atoms with Gasteiger partial charge in [-0.05, 0) is 18.2 Å². The third-order valence-corrected chi connectivity index (χ3v) is 7.26. The maximum atomic E-state index is 13.1. The van der Waals surface area contributed by atoms with Crippen LogP contribution in [0.4, 0.5) is 0 Å². The minimum Gasteiger partial charge on any atom is -0.394 e. The summed E-state index contributed by atoms with van der Waals surface area (Å²) in [6, 6.07) is 10.8. The van der Waals surface area contributed by atoms with Crippen LogP contribution in [0.2, 0.25) is 0 Å². The summed E-state index contributed by atoms with van der Waals surface area (Å²) < 4.78 is 7.47. The van der Waals surface area contributed by atoms with Gasteiger partial charge in [0.05, 0.1) is 28.8 Å². The van der Waals surface area contributed by atoms with Crippen molar-refractivity contribution in [2.75, 3.05) is 6.61 Å². The first kappa shape index (κ1) is 21.4. The Morgan fingerprint density at radius 3 is 2.42 bits per heavy atom. The van der Waals surface area contributed by atoms with Gasteiger partial charge in [0.15, 0.2) is 6.23 Å². The van der Waals surface area contributed by atoms with Gasteiger partial charge in [0.25, 0.3) is 11.8 Å². The zero-order chi connectivity index (χ0) is 24.9. The number of hydrogen-bond acceptors (Lipinski definition) is 8. The molecule has 0 aliphatic carbocycles. The Bertz CT molecular complexity index is 1750. The molecule has 11 heteroatoms. The third kappa shape index (κ3) is 2.55. The fraction of sp³-hybridized carbons (Fsp3) is 0.240. The van der Waals surface area contributed by atoms with Crippen LogP contribution in [0.1, 0.15) is 26.9 Å². The summed E-state index contributed by atoms with van der Waals surface area (Å²) in [7, 11) is 0. The van der Waals surface area contributed by atoms with Gasteiger partial charge in [-0.1, -0.05) is 18.2 Å². The third-order valence-electron chi connectivity index (χ3n) is 7.26. The molecule has 2 aromatic carbocycles. The van der Waals surface area contributed by atoms with Crippen LogP contribution in [-0.2, 0) is 4.74 Å². The van der Waals surface area contributed by atoms with Crippen LogP contribution in [0.15, 0.2) is 42.6 Å². The van der Waals surface area contributed by atoms with Gasteiger partial charge < -0.3 is 30.1 Å². The number of amides is 2. The van der Waals surface area contributed by atoms with E-state index in [1.54, 1.807) is 16.7 Å². The summed E-state index contributed by atoms with van der Waals surface area (Å²) in [5.74, 6) is -1.06. The van der Waals surface area contributed by atoms with E-state index >= 15 is 0 Å². The first-order valence-corrected chi connectivity index (χ1v) is 11.4. The molecule has 0 saturated carbocycles. The molecular formula is C25H20N4O7. The first-order valence-electron chi connectivity index (χ1n) is 11.4. The minimum absolute atomic E-state index is 0.189. The van der Waals surface area contributed by atoms with Crippen LogP contribution in [-0.4, -0.2) is 77.8 Å². The lowest BCUT2D eigenvalue weighted by Gasteiger charge is -2.40. The second-order valence-electron chi connectivity index (χ2n) is 9.14. The monoisotopic (exact) mass is 488 g/mol. The van der Waals surface area contributed by atoms with Crippen LogP contribution in [0.25, 0.3) is 43.7 Å². The number of aliphatic hydroxyl groups is 4. The highest BCUT2D eigenvalue weighted by molar-refractivity contribution is 6.39. The standard InChI is InChI=1S/C25H20N4O7/c30-8-12-19(31)20(32)21(33)25(36-12)29-18-14(10-5-3-7-26-22(10)29)16-15(23(34)28-24(16)35)13-9-4-1-2-6-11(9)27-17(13)18/h1-7,12,19-21,25,27,30-33H,8H2,(H,28,34,35)/t12-,19-,20+,21-,25?/m1/s1. The van der Waals surface area contributed by atoms with E-state index in [0.717, 1.165) is 10.9 Å². The van der Waals surface area contributed by atoms with Crippen LogP contribution >= 0.6 is 0 Å². The number of benzene rings is 2. The molecule has 1 unspecified atom stereocenters. The Morgan fingerprint density at radius 1 is 0.917 bits per heavy atom. The lowest BCUT2D eigenvalue weighted by molar-refractivity contribution is -0.249. The maximum absolute atomic E-state index is 13.1. The molecule has 2 amide bonds. The Morgan fingerprint density at radius 2 is 1.64 bits per heavy atom.